The molecule has 2 amide bonds. The highest BCUT2D eigenvalue weighted by Gasteiger charge is 2.37. The van der Waals surface area contributed by atoms with Crippen molar-refractivity contribution in [3.63, 3.8) is 0 Å². The van der Waals surface area contributed by atoms with Crippen LogP contribution in [0.5, 0.6) is 0 Å². The molecule has 0 aliphatic rings. The molecule has 2 aromatic carbocycles. The van der Waals surface area contributed by atoms with Crippen molar-refractivity contribution in [2.45, 2.75) is 18.8 Å². The van der Waals surface area contributed by atoms with Gasteiger partial charge in [-0.1, -0.05) is 31.2 Å². The van der Waals surface area contributed by atoms with Gasteiger partial charge in [0.05, 0.1) is 11.8 Å². The number of nitroso groups, excluding NO2 is 1. The molecule has 32 heavy (non-hydrogen) atoms. The second kappa shape index (κ2) is 11.9. The molecule has 0 heterocycles. The Kier molecular flexibility index (Phi) is 9.53. The number of halogens is 3. The fraction of sp³-hybridized carbons (Fsp3) is 0.435. The SMILES string of the molecule is CC(CN(C)C)CC(CNC(=O)N(CCCl)N=O)(c1ccc(F)cc1)c1ccc(F)cc1. The number of rotatable bonds is 11. The molecule has 0 fully saturated rings. The molecule has 1 atom stereocenters. The van der Waals surface area contributed by atoms with Crippen LogP contribution in [0.1, 0.15) is 24.5 Å². The van der Waals surface area contributed by atoms with E-state index in [4.69, 9.17) is 11.6 Å². The highest BCUT2D eigenvalue weighted by molar-refractivity contribution is 6.18. The topological polar surface area (TPSA) is 65.0 Å². The van der Waals surface area contributed by atoms with Crippen molar-refractivity contribution in [1.29, 1.82) is 0 Å². The summed E-state index contributed by atoms with van der Waals surface area (Å²) in [6.45, 7) is 2.91. The first-order chi connectivity index (χ1) is 15.2. The van der Waals surface area contributed by atoms with Gasteiger partial charge in [0.25, 0.3) is 0 Å². The Morgan fingerprint density at radius 1 is 1.06 bits per heavy atom. The van der Waals surface area contributed by atoms with Crippen LogP contribution < -0.4 is 5.32 Å². The molecular weight excluding hydrogens is 438 g/mol. The molecule has 0 aliphatic carbocycles. The third-order valence-electron chi connectivity index (χ3n) is 5.34. The number of carbonyl (C=O) groups excluding carboxylic acids is 1. The third-order valence-corrected chi connectivity index (χ3v) is 5.51. The predicted molar refractivity (Wildman–Crippen MR) is 123 cm³/mol. The molecule has 0 radical (unpaired) electrons. The van der Waals surface area contributed by atoms with Crippen molar-refractivity contribution < 1.29 is 13.6 Å². The van der Waals surface area contributed by atoms with E-state index in [9.17, 15) is 18.5 Å². The van der Waals surface area contributed by atoms with Gasteiger partial charge in [-0.3, -0.25) is 0 Å². The Morgan fingerprint density at radius 2 is 1.56 bits per heavy atom. The molecule has 0 aromatic heterocycles. The number of carbonyl (C=O) groups is 1. The first kappa shape index (κ1) is 25.7. The van der Waals surface area contributed by atoms with E-state index in [0.717, 1.165) is 22.7 Å². The number of benzene rings is 2. The van der Waals surface area contributed by atoms with Gasteiger partial charge < -0.3 is 10.2 Å². The van der Waals surface area contributed by atoms with E-state index in [-0.39, 0.29) is 36.5 Å². The Labute approximate surface area is 192 Å². The van der Waals surface area contributed by atoms with Gasteiger partial charge in [-0.25, -0.2) is 13.6 Å². The summed E-state index contributed by atoms with van der Waals surface area (Å²) in [5.74, 6) is -0.545. The first-order valence-electron chi connectivity index (χ1n) is 10.3. The summed E-state index contributed by atoms with van der Waals surface area (Å²) in [5.41, 5.74) is 0.723. The third kappa shape index (κ3) is 6.71. The van der Waals surface area contributed by atoms with Crippen molar-refractivity contribution in [2.24, 2.45) is 11.2 Å². The van der Waals surface area contributed by atoms with Crippen molar-refractivity contribution in [1.82, 2.24) is 15.2 Å². The fourth-order valence-electron chi connectivity index (χ4n) is 4.08. The maximum atomic E-state index is 13.7. The minimum Gasteiger partial charge on any atom is -0.335 e. The molecule has 1 N–H and O–H groups in total. The molecule has 0 saturated carbocycles. The second-order valence-corrected chi connectivity index (χ2v) is 8.60. The van der Waals surface area contributed by atoms with Gasteiger partial charge in [0.1, 0.15) is 11.6 Å². The zero-order valence-corrected chi connectivity index (χ0v) is 19.3. The molecule has 9 heteroatoms. The summed E-state index contributed by atoms with van der Waals surface area (Å²) in [4.78, 5) is 25.7. The highest BCUT2D eigenvalue weighted by Crippen LogP contribution is 2.38. The van der Waals surface area contributed by atoms with Crippen LogP contribution in [-0.2, 0) is 5.41 Å². The average Bonchev–Trinajstić information content (AvgIpc) is 2.75. The zero-order valence-electron chi connectivity index (χ0n) is 18.5. The lowest BCUT2D eigenvalue weighted by atomic mass is 9.69. The number of nitrogens with zero attached hydrogens (tertiary/aromatic N) is 3. The number of hydrogen-bond donors (Lipinski definition) is 1. The molecule has 6 nitrogen and oxygen atoms in total. The Morgan fingerprint density at radius 3 is 1.97 bits per heavy atom. The predicted octanol–water partition coefficient (Wildman–Crippen LogP) is 4.77. The van der Waals surface area contributed by atoms with Crippen LogP contribution in [0.25, 0.3) is 0 Å². The van der Waals surface area contributed by atoms with Crippen molar-refractivity contribution in [3.05, 3.63) is 76.2 Å². The minimum absolute atomic E-state index is 0.0337. The van der Waals surface area contributed by atoms with E-state index >= 15 is 0 Å². The smallest absolute Gasteiger partial charge is 0.335 e. The Hall–Kier alpha value is -2.58. The molecular formula is C23H29ClF2N4O2. The van der Waals surface area contributed by atoms with Gasteiger partial charge in [-0.2, -0.15) is 5.01 Å². The van der Waals surface area contributed by atoms with Gasteiger partial charge in [-0.05, 0) is 61.8 Å². The molecule has 2 aromatic rings. The van der Waals surface area contributed by atoms with Crippen molar-refractivity contribution in [2.75, 3.05) is 39.6 Å². The maximum Gasteiger partial charge on any atom is 0.340 e. The Bertz CT molecular complexity index is 833. The minimum atomic E-state index is -0.804. The molecule has 1 unspecified atom stereocenters. The maximum absolute atomic E-state index is 13.7. The first-order valence-corrected chi connectivity index (χ1v) is 10.9. The van der Waals surface area contributed by atoms with Gasteiger partial charge in [0.15, 0.2) is 0 Å². The largest absolute Gasteiger partial charge is 0.340 e. The molecule has 2 rings (SSSR count). The van der Waals surface area contributed by atoms with Crippen LogP contribution in [0, 0.1) is 22.5 Å². The number of nitrogens with one attached hydrogen (secondary N) is 1. The van der Waals surface area contributed by atoms with Crippen LogP contribution >= 0.6 is 11.6 Å². The summed E-state index contributed by atoms with van der Waals surface area (Å²) >= 11 is 5.65. The standard InChI is InChI=1S/C23H29ClF2N4O2/c1-17(15-29(2)3)14-23(18-4-8-20(25)9-5-18,19-6-10-21(26)11-7-19)16-27-22(31)30(28-32)13-12-24/h4-11,17H,12-16H2,1-3H3,(H,27,31). The lowest BCUT2D eigenvalue weighted by Crippen LogP contribution is -2.47. The fourth-order valence-corrected chi connectivity index (χ4v) is 4.24. The van der Waals surface area contributed by atoms with E-state index in [2.05, 4.69) is 22.4 Å². The zero-order chi connectivity index (χ0) is 23.7. The number of hydrogen-bond acceptors (Lipinski definition) is 4. The number of urea groups is 1. The molecule has 0 aliphatic heterocycles. The summed E-state index contributed by atoms with van der Waals surface area (Å²) in [6.07, 6.45) is 0.576. The second-order valence-electron chi connectivity index (χ2n) is 8.22. The number of amides is 2. The van der Waals surface area contributed by atoms with Crippen LogP contribution in [0.4, 0.5) is 13.6 Å². The Balaban J connectivity index is 2.53. The van der Waals surface area contributed by atoms with E-state index in [1.165, 1.54) is 24.3 Å². The van der Waals surface area contributed by atoms with E-state index < -0.39 is 11.4 Å². The molecule has 0 bridgehead atoms. The summed E-state index contributed by atoms with van der Waals surface area (Å²) in [6, 6.07) is 11.4. The average molecular weight is 467 g/mol. The van der Waals surface area contributed by atoms with Crippen molar-refractivity contribution in [3.8, 4) is 0 Å². The van der Waals surface area contributed by atoms with Crippen LogP contribution in [0.15, 0.2) is 53.8 Å². The highest BCUT2D eigenvalue weighted by atomic mass is 35.5. The van der Waals surface area contributed by atoms with Gasteiger partial charge in [0, 0.05) is 24.4 Å². The monoisotopic (exact) mass is 466 g/mol. The summed E-state index contributed by atoms with van der Waals surface area (Å²) < 4.78 is 27.4. The van der Waals surface area contributed by atoms with Crippen LogP contribution in [0.2, 0.25) is 0 Å². The molecule has 0 saturated heterocycles. The van der Waals surface area contributed by atoms with Gasteiger partial charge >= 0.3 is 6.03 Å². The van der Waals surface area contributed by atoms with Crippen LogP contribution in [0.3, 0.4) is 0 Å². The van der Waals surface area contributed by atoms with Gasteiger partial charge in [0.2, 0.25) is 0 Å². The lowest BCUT2D eigenvalue weighted by Gasteiger charge is -2.38. The van der Waals surface area contributed by atoms with Gasteiger partial charge in [-0.15, -0.1) is 16.5 Å². The molecule has 0 spiro atoms. The lowest BCUT2D eigenvalue weighted by molar-refractivity contribution is 0.197. The molecule has 174 valence electrons. The van der Waals surface area contributed by atoms with E-state index in [1.807, 2.05) is 14.1 Å². The summed E-state index contributed by atoms with van der Waals surface area (Å²) in [5, 5.41) is 6.22. The number of alkyl halides is 1. The van der Waals surface area contributed by atoms with Crippen LogP contribution in [-0.4, -0.2) is 55.5 Å². The van der Waals surface area contributed by atoms with Crippen molar-refractivity contribution >= 4 is 17.6 Å². The van der Waals surface area contributed by atoms with E-state index in [1.54, 1.807) is 24.3 Å². The van der Waals surface area contributed by atoms with E-state index in [0.29, 0.717) is 6.42 Å². The summed E-state index contributed by atoms with van der Waals surface area (Å²) in [7, 11) is 3.94. The normalized spacial score (nSPS) is 12.5. The quantitative estimate of drug-likeness (QED) is 0.295.